The molecule has 0 saturated heterocycles. The predicted molar refractivity (Wildman–Crippen MR) is 287 cm³/mol. The van der Waals surface area contributed by atoms with E-state index in [1.165, 1.54) is 77.2 Å². The molecule has 0 aliphatic heterocycles. The molecule has 70 heavy (non-hydrogen) atoms. The van der Waals surface area contributed by atoms with Crippen molar-refractivity contribution in [3.8, 4) is 78.0 Å². The highest BCUT2D eigenvalue weighted by Gasteiger charge is 2.26. The van der Waals surface area contributed by atoms with Gasteiger partial charge in [-0.25, -0.2) is 15.0 Å². The van der Waals surface area contributed by atoms with Crippen molar-refractivity contribution in [1.82, 2.24) is 19.9 Å². The molecule has 2 aliphatic rings. The van der Waals surface area contributed by atoms with Crippen molar-refractivity contribution in [3.05, 3.63) is 243 Å². The van der Waals surface area contributed by atoms with E-state index in [2.05, 4.69) is 186 Å². The topological polar surface area (TPSA) is 58.0 Å². The molecule has 14 rings (SSSR count). The molecule has 0 unspecified atom stereocenters. The molecule has 3 heterocycles. The zero-order valence-electron chi connectivity index (χ0n) is 37.8. The Bertz CT molecular complexity index is 3940. The molecule has 326 valence electrons. The third kappa shape index (κ3) is 6.35. The van der Waals surface area contributed by atoms with Crippen LogP contribution in [0.1, 0.15) is 0 Å². The first-order valence-corrected chi connectivity index (χ1v) is 23.6. The van der Waals surface area contributed by atoms with Gasteiger partial charge in [0.05, 0.1) is 18.1 Å². The fourth-order valence-electron chi connectivity index (χ4n) is 10.9. The lowest BCUT2D eigenvalue weighted by molar-refractivity contribution is 1.13. The Morgan fingerprint density at radius 2 is 0.743 bits per heavy atom. The molecule has 0 bridgehead atoms. The summed E-state index contributed by atoms with van der Waals surface area (Å²) in [5.74, 6) is 2.35. The van der Waals surface area contributed by atoms with E-state index in [1.54, 1.807) is 0 Å². The monoisotopic (exact) mass is 892 g/mol. The van der Waals surface area contributed by atoms with E-state index in [-0.39, 0.29) is 0 Å². The summed E-state index contributed by atoms with van der Waals surface area (Å²) in [4.78, 5) is 24.0. The van der Waals surface area contributed by atoms with Crippen LogP contribution in [0.4, 0.5) is 34.5 Å². The van der Waals surface area contributed by atoms with E-state index in [9.17, 15) is 0 Å². The zero-order chi connectivity index (χ0) is 46.1. The van der Waals surface area contributed by atoms with Crippen LogP contribution in [-0.4, -0.2) is 19.9 Å². The number of nitrogens with zero attached hydrogens (tertiary/aromatic N) is 6. The Kier molecular flexibility index (Phi) is 9.10. The fraction of sp³-hybridized carbons (Fsp3) is 0. The summed E-state index contributed by atoms with van der Waals surface area (Å²) in [6, 6.07) is 77.7. The average Bonchev–Trinajstić information content (AvgIpc) is 3.94. The number of para-hydroxylation sites is 1. The molecule has 3 aromatic heterocycles. The molecular formula is C64H40N6. The van der Waals surface area contributed by atoms with E-state index in [0.717, 1.165) is 56.9 Å². The van der Waals surface area contributed by atoms with Gasteiger partial charge in [0, 0.05) is 35.0 Å². The largest absolute Gasteiger partial charge is 0.294 e. The van der Waals surface area contributed by atoms with Crippen LogP contribution >= 0.6 is 0 Å². The lowest BCUT2D eigenvalue weighted by atomic mass is 9.94. The van der Waals surface area contributed by atoms with Crippen LogP contribution in [0, 0.1) is 0 Å². The highest BCUT2D eigenvalue weighted by molar-refractivity contribution is 6.20. The lowest BCUT2D eigenvalue weighted by Crippen LogP contribution is -2.12. The van der Waals surface area contributed by atoms with E-state index >= 15 is 0 Å². The van der Waals surface area contributed by atoms with Crippen LogP contribution in [0.3, 0.4) is 0 Å². The van der Waals surface area contributed by atoms with E-state index in [1.807, 2.05) is 67.3 Å². The van der Waals surface area contributed by atoms with Crippen molar-refractivity contribution in [3.63, 3.8) is 0 Å². The minimum Gasteiger partial charge on any atom is -0.294 e. The minimum atomic E-state index is 0.737. The second-order valence-electron chi connectivity index (χ2n) is 17.8. The maximum absolute atomic E-state index is 5.14. The summed E-state index contributed by atoms with van der Waals surface area (Å²) in [6.45, 7) is 0. The summed E-state index contributed by atoms with van der Waals surface area (Å²) >= 11 is 0. The number of benzene rings is 9. The number of hydrogen-bond acceptors (Lipinski definition) is 6. The van der Waals surface area contributed by atoms with Crippen molar-refractivity contribution in [2.45, 2.75) is 0 Å². The SMILES string of the molecule is c1ccc(N(c2cccc(-c3ccc4c5c(cccc35)-c3ccccc3-4)c2)c2cnc(-c3ccc4c(c3)-c3cccc5c(-c6cccc(N(c7ccccn7)c7ccccn7)c6)ccc-4c35)cn2)cc1. The molecule has 0 spiro atoms. The Hall–Kier alpha value is -9.52. The van der Waals surface area contributed by atoms with Gasteiger partial charge in [0.1, 0.15) is 11.6 Å². The Morgan fingerprint density at radius 1 is 0.257 bits per heavy atom. The smallest absolute Gasteiger partial charge is 0.156 e. The van der Waals surface area contributed by atoms with Gasteiger partial charge in [0.2, 0.25) is 0 Å². The Balaban J connectivity index is 0.801. The van der Waals surface area contributed by atoms with E-state index in [4.69, 9.17) is 19.9 Å². The summed E-state index contributed by atoms with van der Waals surface area (Å²) in [5, 5.41) is 5.04. The fourth-order valence-corrected chi connectivity index (χ4v) is 10.9. The predicted octanol–water partition coefficient (Wildman–Crippen LogP) is 16.8. The van der Waals surface area contributed by atoms with Crippen molar-refractivity contribution in [1.29, 1.82) is 0 Å². The van der Waals surface area contributed by atoms with Crippen LogP contribution in [0.5, 0.6) is 0 Å². The van der Waals surface area contributed by atoms with Gasteiger partial charge in [-0.05, 0) is 155 Å². The van der Waals surface area contributed by atoms with Crippen molar-refractivity contribution < 1.29 is 0 Å². The number of hydrogen-bond donors (Lipinski definition) is 0. The van der Waals surface area contributed by atoms with Crippen molar-refractivity contribution in [2.24, 2.45) is 0 Å². The maximum atomic E-state index is 5.14. The first-order valence-electron chi connectivity index (χ1n) is 23.6. The van der Waals surface area contributed by atoms with Gasteiger partial charge in [0.25, 0.3) is 0 Å². The molecule has 6 heteroatoms. The van der Waals surface area contributed by atoms with Gasteiger partial charge in [-0.1, -0.05) is 152 Å². The van der Waals surface area contributed by atoms with Crippen molar-refractivity contribution in [2.75, 3.05) is 9.80 Å². The average molecular weight is 893 g/mol. The normalized spacial score (nSPS) is 11.7. The van der Waals surface area contributed by atoms with Gasteiger partial charge >= 0.3 is 0 Å². The van der Waals surface area contributed by atoms with Gasteiger partial charge < -0.3 is 0 Å². The molecule has 0 saturated carbocycles. The number of fused-ring (bicyclic) bond motifs is 6. The quantitative estimate of drug-likeness (QED) is 0.144. The molecule has 0 N–H and O–H groups in total. The van der Waals surface area contributed by atoms with Gasteiger partial charge in [-0.3, -0.25) is 14.8 Å². The molecule has 2 aliphatic carbocycles. The second kappa shape index (κ2) is 16.1. The third-order valence-corrected chi connectivity index (χ3v) is 14.0. The number of aromatic nitrogens is 4. The van der Waals surface area contributed by atoms with Crippen molar-refractivity contribution >= 4 is 56.1 Å². The molecule has 9 aromatic carbocycles. The Labute approximate surface area is 405 Å². The highest BCUT2D eigenvalue weighted by atomic mass is 15.2. The zero-order valence-corrected chi connectivity index (χ0v) is 37.8. The standard InChI is InChI=1S/C64H40N6/c1-2-16-44(17-3-1)69(45-18-10-14-41(36-45)47-30-32-56-50-21-5-4-20-49(50)54-24-12-22-52(47)63(54)56)62-40-67-59(39-68-62)43-28-29-51-57-33-31-48(53-23-13-25-55(64(53)57)58(51)38-43)42-15-11-19-46(37-42)70(60-26-6-8-34-65-60)61-27-7-9-35-66-61/h1-40H. The molecule has 6 nitrogen and oxygen atoms in total. The molecule has 0 atom stereocenters. The maximum Gasteiger partial charge on any atom is 0.156 e. The molecule has 0 fully saturated rings. The third-order valence-electron chi connectivity index (χ3n) is 14.0. The first kappa shape index (κ1) is 39.6. The molecule has 0 radical (unpaired) electrons. The van der Waals surface area contributed by atoms with Crippen LogP contribution in [-0.2, 0) is 0 Å². The number of rotatable bonds is 9. The summed E-state index contributed by atoms with van der Waals surface area (Å²) in [7, 11) is 0. The van der Waals surface area contributed by atoms with Gasteiger partial charge in [0.15, 0.2) is 5.82 Å². The summed E-state index contributed by atoms with van der Waals surface area (Å²) in [6.07, 6.45) is 7.44. The van der Waals surface area contributed by atoms with Crippen LogP contribution < -0.4 is 9.80 Å². The molecular weight excluding hydrogens is 853 g/mol. The van der Waals surface area contributed by atoms with Crippen LogP contribution in [0.2, 0.25) is 0 Å². The van der Waals surface area contributed by atoms with E-state index < -0.39 is 0 Å². The Morgan fingerprint density at radius 3 is 1.33 bits per heavy atom. The molecule has 0 amide bonds. The van der Waals surface area contributed by atoms with Gasteiger partial charge in [-0.15, -0.1) is 0 Å². The lowest BCUT2D eigenvalue weighted by Gasteiger charge is -2.24. The number of anilines is 6. The second-order valence-corrected chi connectivity index (χ2v) is 17.8. The van der Waals surface area contributed by atoms with Gasteiger partial charge in [-0.2, -0.15) is 0 Å². The first-order chi connectivity index (χ1) is 34.7. The van der Waals surface area contributed by atoms with Crippen LogP contribution in [0.25, 0.3) is 99.6 Å². The summed E-state index contributed by atoms with van der Waals surface area (Å²) < 4.78 is 0. The number of pyridine rings is 2. The summed E-state index contributed by atoms with van der Waals surface area (Å²) in [5.41, 5.74) is 19.5. The van der Waals surface area contributed by atoms with Crippen LogP contribution in [0.15, 0.2) is 243 Å². The molecule has 12 aromatic rings. The van der Waals surface area contributed by atoms with E-state index in [0.29, 0.717) is 0 Å². The highest BCUT2D eigenvalue weighted by Crippen LogP contribution is 2.52. The minimum absolute atomic E-state index is 0.737.